The summed E-state index contributed by atoms with van der Waals surface area (Å²) in [5, 5.41) is 8.12. The Labute approximate surface area is 307 Å². The van der Waals surface area contributed by atoms with E-state index in [4.69, 9.17) is 14.4 Å². The maximum absolute atomic E-state index is 6.28. The summed E-state index contributed by atoms with van der Waals surface area (Å²) in [4.78, 5) is 10.6. The van der Waals surface area contributed by atoms with E-state index in [2.05, 4.69) is 169 Å². The van der Waals surface area contributed by atoms with Crippen molar-refractivity contribution in [3.63, 3.8) is 0 Å². The van der Waals surface area contributed by atoms with Crippen LogP contribution in [0.2, 0.25) is 0 Å². The van der Waals surface area contributed by atoms with Gasteiger partial charge in [-0.3, -0.25) is 0 Å². The zero-order valence-electron chi connectivity index (χ0n) is 28.8. The molecule has 9 aromatic rings. The summed E-state index contributed by atoms with van der Waals surface area (Å²) in [6, 6.07) is 65.7. The van der Waals surface area contributed by atoms with Gasteiger partial charge in [0, 0.05) is 27.5 Å². The molecule has 53 heavy (non-hydrogen) atoms. The highest BCUT2D eigenvalue weighted by Gasteiger charge is 2.23. The fourth-order valence-corrected chi connectivity index (χ4v) is 7.58. The van der Waals surface area contributed by atoms with Gasteiger partial charge in [-0.15, -0.1) is 0 Å². The van der Waals surface area contributed by atoms with Crippen LogP contribution >= 0.6 is 0 Å². The number of aliphatic imine (C=N–C) groups is 2. The topological polar surface area (TPSA) is 49.9 Å². The minimum Gasteiger partial charge on any atom is -0.456 e. The molecule has 1 N–H and O–H groups in total. The molecule has 0 radical (unpaired) electrons. The highest BCUT2D eigenvalue weighted by molar-refractivity contribution is 6.17. The van der Waals surface area contributed by atoms with Gasteiger partial charge in [0.05, 0.1) is 0 Å². The third-order valence-electron chi connectivity index (χ3n) is 10.2. The Morgan fingerprint density at radius 2 is 0.830 bits per heavy atom. The average molecular weight is 680 g/mol. The molecule has 0 atom stereocenters. The number of hydrogen-bond acceptors (Lipinski definition) is 4. The van der Waals surface area contributed by atoms with Crippen LogP contribution in [-0.2, 0) is 0 Å². The average Bonchev–Trinajstić information content (AvgIpc) is 3.63. The van der Waals surface area contributed by atoms with E-state index in [1.54, 1.807) is 0 Å². The molecular weight excluding hydrogens is 647 g/mol. The highest BCUT2D eigenvalue weighted by Crippen LogP contribution is 2.41. The number of furan rings is 1. The molecule has 0 saturated heterocycles. The first-order chi connectivity index (χ1) is 26.3. The maximum Gasteiger partial charge on any atom is 0.170 e. The molecule has 4 heteroatoms. The van der Waals surface area contributed by atoms with Crippen molar-refractivity contribution in [1.29, 1.82) is 0 Å². The zero-order chi connectivity index (χ0) is 35.1. The number of nitrogens with zero attached hydrogens (tertiary/aromatic N) is 2. The highest BCUT2D eigenvalue weighted by atomic mass is 16.3. The fraction of sp³-hybridized carbons (Fsp3) is 0.0204. The molecule has 0 amide bonds. The summed E-state index contributed by atoms with van der Waals surface area (Å²) in [6.45, 7) is 0. The minimum atomic E-state index is -0.464. The Morgan fingerprint density at radius 1 is 0.358 bits per heavy atom. The molecule has 0 spiro atoms. The standard InChI is InChI=1S/C49H33N3O/c1-3-12-32(13-4-1)34-24-28-36(29-25-34)47-50-48(37-30-26-35(27-31-37)33-14-5-2-6-15-33)52-49(51-47)42-21-10-17-38-39(18-9-19-40(38)42)41-20-11-23-45-46(41)43-16-7-8-22-44(43)53-45/h1-31,49H,(H,50,51,52). The molecule has 1 aliphatic heterocycles. The van der Waals surface area contributed by atoms with Crippen LogP contribution in [0.4, 0.5) is 0 Å². The van der Waals surface area contributed by atoms with Crippen molar-refractivity contribution in [1.82, 2.24) is 5.32 Å². The number of fused-ring (bicyclic) bond motifs is 4. The van der Waals surface area contributed by atoms with Crippen molar-refractivity contribution in [2.75, 3.05) is 0 Å². The van der Waals surface area contributed by atoms with E-state index < -0.39 is 6.17 Å². The SMILES string of the molecule is c1ccc(-c2ccc(C3=NC(c4cccc5c(-c6cccc7oc8ccccc8c67)cccc45)N=C(c4ccc(-c5ccccc5)cc4)N3)cc2)cc1. The van der Waals surface area contributed by atoms with Crippen LogP contribution in [0.3, 0.4) is 0 Å². The Balaban J connectivity index is 1.10. The number of amidine groups is 2. The lowest BCUT2D eigenvalue weighted by Gasteiger charge is -2.24. The number of rotatable bonds is 6. The molecule has 2 heterocycles. The van der Waals surface area contributed by atoms with Crippen LogP contribution in [0.1, 0.15) is 22.9 Å². The molecule has 250 valence electrons. The molecule has 10 rings (SSSR count). The second kappa shape index (κ2) is 12.9. The lowest BCUT2D eigenvalue weighted by atomic mass is 9.92. The maximum atomic E-state index is 6.28. The summed E-state index contributed by atoms with van der Waals surface area (Å²) < 4.78 is 6.28. The van der Waals surface area contributed by atoms with E-state index in [0.29, 0.717) is 0 Å². The summed E-state index contributed by atoms with van der Waals surface area (Å²) >= 11 is 0. The van der Waals surface area contributed by atoms with E-state index in [-0.39, 0.29) is 0 Å². The van der Waals surface area contributed by atoms with Gasteiger partial charge in [-0.05, 0) is 56.3 Å². The predicted octanol–water partition coefficient (Wildman–Crippen LogP) is 12.2. The summed E-state index contributed by atoms with van der Waals surface area (Å²) in [6.07, 6.45) is -0.464. The first-order valence-corrected chi connectivity index (χ1v) is 17.9. The Hall–Kier alpha value is -7.04. The van der Waals surface area contributed by atoms with Gasteiger partial charge in [-0.25, -0.2) is 9.98 Å². The van der Waals surface area contributed by atoms with Crippen LogP contribution in [0.5, 0.6) is 0 Å². The van der Waals surface area contributed by atoms with Gasteiger partial charge in [0.2, 0.25) is 0 Å². The number of para-hydroxylation sites is 1. The van der Waals surface area contributed by atoms with Gasteiger partial charge in [0.25, 0.3) is 0 Å². The van der Waals surface area contributed by atoms with Crippen molar-refractivity contribution < 1.29 is 4.42 Å². The summed E-state index contributed by atoms with van der Waals surface area (Å²) in [5.41, 5.74) is 11.8. The van der Waals surface area contributed by atoms with Gasteiger partial charge in [0.15, 0.2) is 6.17 Å². The van der Waals surface area contributed by atoms with Gasteiger partial charge >= 0.3 is 0 Å². The second-order valence-electron chi connectivity index (χ2n) is 13.4. The molecule has 8 aromatic carbocycles. The van der Waals surface area contributed by atoms with Gasteiger partial charge < -0.3 is 9.73 Å². The van der Waals surface area contributed by atoms with Crippen molar-refractivity contribution in [2.45, 2.75) is 6.17 Å². The van der Waals surface area contributed by atoms with Crippen molar-refractivity contribution in [2.24, 2.45) is 9.98 Å². The predicted molar refractivity (Wildman–Crippen MR) is 219 cm³/mol. The van der Waals surface area contributed by atoms with Crippen LogP contribution in [-0.4, -0.2) is 11.7 Å². The molecule has 0 aliphatic carbocycles. The number of hydrogen-bond donors (Lipinski definition) is 1. The lowest BCUT2D eigenvalue weighted by molar-refractivity contribution is 0.669. The van der Waals surface area contributed by atoms with Gasteiger partial charge in [-0.2, -0.15) is 0 Å². The molecule has 0 unspecified atom stereocenters. The second-order valence-corrected chi connectivity index (χ2v) is 13.4. The van der Waals surface area contributed by atoms with E-state index >= 15 is 0 Å². The Bertz CT molecular complexity index is 2740. The van der Waals surface area contributed by atoms with Crippen LogP contribution in [0, 0.1) is 0 Å². The van der Waals surface area contributed by atoms with Crippen molar-refractivity contribution in [3.8, 4) is 33.4 Å². The number of nitrogens with one attached hydrogen (secondary N) is 1. The van der Waals surface area contributed by atoms with Crippen LogP contribution in [0.25, 0.3) is 66.1 Å². The van der Waals surface area contributed by atoms with E-state index in [1.807, 2.05) is 24.3 Å². The molecule has 0 fully saturated rings. The Morgan fingerprint density at radius 3 is 1.49 bits per heavy atom. The molecule has 0 bridgehead atoms. The van der Waals surface area contributed by atoms with Gasteiger partial charge in [0.1, 0.15) is 22.8 Å². The minimum absolute atomic E-state index is 0.464. The summed E-state index contributed by atoms with van der Waals surface area (Å²) in [5.74, 6) is 1.57. The van der Waals surface area contributed by atoms with Gasteiger partial charge in [-0.1, -0.05) is 176 Å². The van der Waals surface area contributed by atoms with Crippen LogP contribution in [0.15, 0.2) is 202 Å². The van der Waals surface area contributed by atoms with Crippen molar-refractivity contribution >= 4 is 44.4 Å². The molecular formula is C49H33N3O. The molecule has 0 saturated carbocycles. The van der Waals surface area contributed by atoms with Crippen LogP contribution < -0.4 is 5.32 Å². The fourth-order valence-electron chi connectivity index (χ4n) is 7.58. The Kier molecular flexibility index (Phi) is 7.51. The number of benzene rings is 8. The first kappa shape index (κ1) is 30.8. The lowest BCUT2D eigenvalue weighted by Crippen LogP contribution is -2.36. The van der Waals surface area contributed by atoms with E-state index in [1.165, 1.54) is 11.1 Å². The monoisotopic (exact) mass is 679 g/mol. The normalized spacial score (nSPS) is 13.2. The molecule has 1 aliphatic rings. The summed E-state index contributed by atoms with van der Waals surface area (Å²) in [7, 11) is 0. The largest absolute Gasteiger partial charge is 0.456 e. The van der Waals surface area contributed by atoms with E-state index in [9.17, 15) is 0 Å². The third kappa shape index (κ3) is 5.58. The van der Waals surface area contributed by atoms with E-state index in [0.717, 1.165) is 83.3 Å². The van der Waals surface area contributed by atoms with Crippen molar-refractivity contribution in [3.05, 3.63) is 205 Å². The zero-order valence-corrected chi connectivity index (χ0v) is 28.8. The third-order valence-corrected chi connectivity index (χ3v) is 10.2. The molecule has 1 aromatic heterocycles. The quantitative estimate of drug-likeness (QED) is 0.190. The molecule has 4 nitrogen and oxygen atoms in total. The smallest absolute Gasteiger partial charge is 0.170 e. The first-order valence-electron chi connectivity index (χ1n) is 17.9.